The van der Waals surface area contributed by atoms with Crippen molar-refractivity contribution < 1.29 is 4.79 Å². The molecule has 4 nitrogen and oxygen atoms in total. The lowest BCUT2D eigenvalue weighted by atomic mass is 10.1. The van der Waals surface area contributed by atoms with Crippen molar-refractivity contribution in [2.75, 3.05) is 5.32 Å². The summed E-state index contributed by atoms with van der Waals surface area (Å²) in [7, 11) is 0. The number of benzene rings is 1. The third kappa shape index (κ3) is 5.77. The van der Waals surface area contributed by atoms with Gasteiger partial charge in [0.05, 0.1) is 6.42 Å². The molecular formula is C17H21N3OS. The van der Waals surface area contributed by atoms with Gasteiger partial charge in [-0.15, -0.1) is 16.8 Å². The summed E-state index contributed by atoms with van der Waals surface area (Å²) < 4.78 is 0. The number of unbranched alkanes of at least 4 members (excludes halogenated alkanes) is 1. The summed E-state index contributed by atoms with van der Waals surface area (Å²) in [6.45, 7) is 5.94. The predicted octanol–water partition coefficient (Wildman–Crippen LogP) is 4.01. The summed E-state index contributed by atoms with van der Waals surface area (Å²) >= 11 is 1.45. The van der Waals surface area contributed by atoms with Gasteiger partial charge in [-0.2, -0.15) is 0 Å². The number of anilines is 1. The number of nitrogens with one attached hydrogen (secondary N) is 1. The molecule has 1 aromatic carbocycles. The Bertz CT molecular complexity index is 622. The van der Waals surface area contributed by atoms with E-state index in [0.717, 1.165) is 36.3 Å². The number of aromatic nitrogens is 2. The third-order valence-corrected chi connectivity index (χ3v) is 4.06. The molecule has 1 amide bonds. The minimum Gasteiger partial charge on any atom is -0.300 e. The molecule has 1 N–H and O–H groups in total. The number of allylic oxidation sites excluding steroid dienone is 1. The molecule has 22 heavy (non-hydrogen) atoms. The quantitative estimate of drug-likeness (QED) is 0.591. The largest absolute Gasteiger partial charge is 0.300 e. The Hall–Kier alpha value is -2.01. The van der Waals surface area contributed by atoms with E-state index in [1.807, 2.05) is 37.3 Å². The molecule has 0 fully saturated rings. The van der Waals surface area contributed by atoms with Gasteiger partial charge in [0.2, 0.25) is 11.0 Å². The topological polar surface area (TPSA) is 54.9 Å². The molecule has 5 heteroatoms. The van der Waals surface area contributed by atoms with Gasteiger partial charge in [0.15, 0.2) is 0 Å². The van der Waals surface area contributed by atoms with E-state index < -0.39 is 0 Å². The van der Waals surface area contributed by atoms with Crippen LogP contribution in [0.3, 0.4) is 0 Å². The van der Waals surface area contributed by atoms with Crippen LogP contribution in [0.5, 0.6) is 0 Å². The lowest BCUT2D eigenvalue weighted by Crippen LogP contribution is -2.14. The van der Waals surface area contributed by atoms with E-state index in [0.29, 0.717) is 11.6 Å². The summed E-state index contributed by atoms with van der Waals surface area (Å²) in [5.41, 5.74) is 2.20. The van der Waals surface area contributed by atoms with E-state index in [-0.39, 0.29) is 5.91 Å². The maximum atomic E-state index is 11.9. The van der Waals surface area contributed by atoms with Crippen molar-refractivity contribution >= 4 is 22.4 Å². The molecule has 0 aliphatic heterocycles. The van der Waals surface area contributed by atoms with E-state index >= 15 is 0 Å². The molecule has 116 valence electrons. The maximum Gasteiger partial charge on any atom is 0.230 e. The Balaban J connectivity index is 1.76. The standard InChI is InChI=1S/C17H21N3OS/c1-13(2)8-6-7-11-16-19-20-17(22-16)18-15(21)12-14-9-4-3-5-10-14/h3-5,9-10H,1,6-8,11-12H2,2H3,(H,18,20,21). The van der Waals surface area contributed by atoms with Crippen molar-refractivity contribution in [2.45, 2.75) is 39.0 Å². The predicted molar refractivity (Wildman–Crippen MR) is 91.1 cm³/mol. The van der Waals surface area contributed by atoms with Crippen LogP contribution in [-0.4, -0.2) is 16.1 Å². The van der Waals surface area contributed by atoms with Gasteiger partial charge in [-0.3, -0.25) is 4.79 Å². The molecule has 0 atom stereocenters. The molecule has 0 saturated heterocycles. The number of aryl methyl sites for hydroxylation is 1. The Labute approximate surface area is 135 Å². The van der Waals surface area contributed by atoms with E-state index in [2.05, 4.69) is 22.1 Å². The second kappa shape index (κ2) is 8.44. The number of carbonyl (C=O) groups excluding carboxylic acids is 1. The van der Waals surface area contributed by atoms with Crippen LogP contribution in [0.2, 0.25) is 0 Å². The van der Waals surface area contributed by atoms with Crippen LogP contribution in [0.25, 0.3) is 0 Å². The first-order valence-electron chi connectivity index (χ1n) is 7.44. The van der Waals surface area contributed by atoms with Crippen molar-refractivity contribution in [2.24, 2.45) is 0 Å². The minimum atomic E-state index is -0.0591. The highest BCUT2D eigenvalue weighted by Gasteiger charge is 2.08. The van der Waals surface area contributed by atoms with Crippen molar-refractivity contribution in [3.8, 4) is 0 Å². The summed E-state index contributed by atoms with van der Waals surface area (Å²) in [6.07, 6.45) is 4.50. The first-order valence-corrected chi connectivity index (χ1v) is 8.25. The summed E-state index contributed by atoms with van der Waals surface area (Å²) in [5, 5.41) is 12.5. The van der Waals surface area contributed by atoms with E-state index in [4.69, 9.17) is 0 Å². The Morgan fingerprint density at radius 2 is 2.00 bits per heavy atom. The highest BCUT2D eigenvalue weighted by molar-refractivity contribution is 7.15. The molecule has 0 saturated carbocycles. The van der Waals surface area contributed by atoms with E-state index in [9.17, 15) is 4.79 Å². The van der Waals surface area contributed by atoms with Gasteiger partial charge in [0.1, 0.15) is 5.01 Å². The van der Waals surface area contributed by atoms with E-state index in [1.165, 1.54) is 16.9 Å². The fourth-order valence-electron chi connectivity index (χ4n) is 2.05. The number of nitrogens with zero attached hydrogens (tertiary/aromatic N) is 2. The summed E-state index contributed by atoms with van der Waals surface area (Å²) in [5.74, 6) is -0.0591. The number of hydrogen-bond acceptors (Lipinski definition) is 4. The zero-order valence-corrected chi connectivity index (χ0v) is 13.7. The minimum absolute atomic E-state index is 0.0591. The molecular weight excluding hydrogens is 294 g/mol. The summed E-state index contributed by atoms with van der Waals surface area (Å²) in [4.78, 5) is 11.9. The normalized spacial score (nSPS) is 10.4. The first kappa shape index (κ1) is 16.4. The fourth-order valence-corrected chi connectivity index (χ4v) is 2.85. The third-order valence-electron chi connectivity index (χ3n) is 3.16. The molecule has 2 rings (SSSR count). The molecule has 0 radical (unpaired) electrons. The smallest absolute Gasteiger partial charge is 0.230 e. The second-order valence-electron chi connectivity index (χ2n) is 5.38. The molecule has 0 aliphatic carbocycles. The maximum absolute atomic E-state index is 11.9. The second-order valence-corrected chi connectivity index (χ2v) is 6.44. The molecule has 2 aromatic rings. The van der Waals surface area contributed by atoms with Crippen molar-refractivity contribution in [3.63, 3.8) is 0 Å². The van der Waals surface area contributed by atoms with Crippen LogP contribution in [-0.2, 0) is 17.6 Å². The van der Waals surface area contributed by atoms with Crippen LogP contribution < -0.4 is 5.32 Å². The average molecular weight is 315 g/mol. The van der Waals surface area contributed by atoms with Crippen molar-refractivity contribution in [3.05, 3.63) is 53.1 Å². The molecule has 0 aliphatic rings. The number of amides is 1. The monoisotopic (exact) mass is 315 g/mol. The first-order chi connectivity index (χ1) is 10.6. The highest BCUT2D eigenvalue weighted by Crippen LogP contribution is 2.18. The fraction of sp³-hybridized carbons (Fsp3) is 0.353. The van der Waals surface area contributed by atoms with Crippen LogP contribution in [0.15, 0.2) is 42.5 Å². The zero-order valence-electron chi connectivity index (χ0n) is 12.8. The van der Waals surface area contributed by atoms with Gasteiger partial charge in [0.25, 0.3) is 0 Å². The van der Waals surface area contributed by atoms with Gasteiger partial charge in [-0.25, -0.2) is 0 Å². The molecule has 0 unspecified atom stereocenters. The highest BCUT2D eigenvalue weighted by atomic mass is 32.1. The van der Waals surface area contributed by atoms with Crippen molar-refractivity contribution in [1.82, 2.24) is 10.2 Å². The molecule has 1 heterocycles. The number of carbonyl (C=O) groups is 1. The molecule has 0 bridgehead atoms. The van der Waals surface area contributed by atoms with Crippen LogP contribution in [0.1, 0.15) is 36.8 Å². The van der Waals surface area contributed by atoms with Crippen LogP contribution in [0.4, 0.5) is 5.13 Å². The van der Waals surface area contributed by atoms with Gasteiger partial charge in [0, 0.05) is 6.42 Å². The van der Waals surface area contributed by atoms with Gasteiger partial charge in [-0.05, 0) is 31.7 Å². The zero-order chi connectivity index (χ0) is 15.8. The number of hydrogen-bond donors (Lipinski definition) is 1. The Morgan fingerprint density at radius 1 is 1.23 bits per heavy atom. The van der Waals surface area contributed by atoms with Crippen LogP contribution >= 0.6 is 11.3 Å². The van der Waals surface area contributed by atoms with Crippen LogP contribution in [0, 0.1) is 0 Å². The molecule has 1 aromatic heterocycles. The lowest BCUT2D eigenvalue weighted by Gasteiger charge is -2.00. The van der Waals surface area contributed by atoms with E-state index in [1.54, 1.807) is 0 Å². The van der Waals surface area contributed by atoms with Gasteiger partial charge in [-0.1, -0.05) is 47.2 Å². The van der Waals surface area contributed by atoms with Gasteiger partial charge >= 0.3 is 0 Å². The Morgan fingerprint density at radius 3 is 2.73 bits per heavy atom. The van der Waals surface area contributed by atoms with Gasteiger partial charge < -0.3 is 5.32 Å². The molecule has 0 spiro atoms. The average Bonchev–Trinajstić information content (AvgIpc) is 2.92. The Kier molecular flexibility index (Phi) is 6.27. The number of rotatable bonds is 8. The SMILES string of the molecule is C=C(C)CCCCc1nnc(NC(=O)Cc2ccccc2)s1. The summed E-state index contributed by atoms with van der Waals surface area (Å²) in [6, 6.07) is 9.67. The lowest BCUT2D eigenvalue weighted by molar-refractivity contribution is -0.115. The van der Waals surface area contributed by atoms with Crippen molar-refractivity contribution in [1.29, 1.82) is 0 Å².